The van der Waals surface area contributed by atoms with Crippen LogP contribution in [0.1, 0.15) is 24.5 Å². The Morgan fingerprint density at radius 2 is 1.88 bits per heavy atom. The third-order valence-electron chi connectivity index (χ3n) is 2.60. The van der Waals surface area contributed by atoms with Crippen molar-refractivity contribution in [2.24, 2.45) is 5.73 Å². The first-order chi connectivity index (χ1) is 7.67. The summed E-state index contributed by atoms with van der Waals surface area (Å²) in [6, 6.07) is 7.86. The molecule has 0 aliphatic rings. The Morgan fingerprint density at radius 1 is 1.31 bits per heavy atom. The molecular formula is C13H20N2O. The number of hydrogen-bond donors (Lipinski definition) is 2. The van der Waals surface area contributed by atoms with Crippen LogP contribution in [0.2, 0.25) is 0 Å². The van der Waals surface area contributed by atoms with E-state index in [2.05, 4.69) is 24.4 Å². The molecule has 1 unspecified atom stereocenters. The highest BCUT2D eigenvalue weighted by Crippen LogP contribution is 2.08. The first kappa shape index (κ1) is 12.7. The van der Waals surface area contributed by atoms with Crippen molar-refractivity contribution in [1.29, 1.82) is 0 Å². The standard InChI is InChI=1S/C13H20N2O/c1-3-4-10-5-7-11(8-6-10)9-12(14)13(16)15-2/h5-8,12H,3-4,9,14H2,1-2H3,(H,15,16). The van der Waals surface area contributed by atoms with Crippen LogP contribution < -0.4 is 11.1 Å². The Bertz CT molecular complexity index is 332. The third kappa shape index (κ3) is 3.66. The molecule has 1 aromatic rings. The summed E-state index contributed by atoms with van der Waals surface area (Å²) in [7, 11) is 1.60. The molecule has 16 heavy (non-hydrogen) atoms. The monoisotopic (exact) mass is 220 g/mol. The summed E-state index contributed by atoms with van der Waals surface area (Å²) in [6.45, 7) is 2.16. The van der Waals surface area contributed by atoms with E-state index in [-0.39, 0.29) is 5.91 Å². The molecule has 0 aliphatic heterocycles. The number of nitrogens with two attached hydrogens (primary N) is 1. The highest BCUT2D eigenvalue weighted by molar-refractivity contribution is 5.81. The van der Waals surface area contributed by atoms with Gasteiger partial charge in [0.25, 0.3) is 0 Å². The minimum atomic E-state index is -0.456. The SMILES string of the molecule is CCCc1ccc(CC(N)C(=O)NC)cc1. The Balaban J connectivity index is 2.58. The molecule has 0 aliphatic carbocycles. The maximum absolute atomic E-state index is 11.2. The molecule has 0 spiro atoms. The fraction of sp³-hybridized carbons (Fsp3) is 0.462. The predicted octanol–water partition coefficient (Wildman–Crippen LogP) is 1.25. The highest BCUT2D eigenvalue weighted by Gasteiger charge is 2.11. The molecule has 0 fully saturated rings. The quantitative estimate of drug-likeness (QED) is 0.784. The second-order valence-electron chi connectivity index (χ2n) is 3.99. The Labute approximate surface area is 97.0 Å². The normalized spacial score (nSPS) is 12.2. The average Bonchev–Trinajstić information content (AvgIpc) is 2.31. The van der Waals surface area contributed by atoms with Gasteiger partial charge in [-0.05, 0) is 24.0 Å². The number of aryl methyl sites for hydroxylation is 1. The van der Waals surface area contributed by atoms with Gasteiger partial charge in [0, 0.05) is 7.05 Å². The van der Waals surface area contributed by atoms with Gasteiger partial charge in [-0.1, -0.05) is 37.6 Å². The molecule has 1 rings (SSSR count). The van der Waals surface area contributed by atoms with Gasteiger partial charge in [-0.15, -0.1) is 0 Å². The lowest BCUT2D eigenvalue weighted by atomic mass is 10.0. The number of carbonyl (C=O) groups excluding carboxylic acids is 1. The lowest BCUT2D eigenvalue weighted by Crippen LogP contribution is -2.40. The fourth-order valence-electron chi connectivity index (χ4n) is 1.66. The van der Waals surface area contributed by atoms with Crippen molar-refractivity contribution < 1.29 is 4.79 Å². The maximum Gasteiger partial charge on any atom is 0.237 e. The van der Waals surface area contributed by atoms with E-state index < -0.39 is 6.04 Å². The summed E-state index contributed by atoms with van der Waals surface area (Å²) in [6.07, 6.45) is 2.84. The summed E-state index contributed by atoms with van der Waals surface area (Å²) in [5, 5.41) is 2.55. The van der Waals surface area contributed by atoms with Gasteiger partial charge in [0.05, 0.1) is 6.04 Å². The minimum absolute atomic E-state index is 0.113. The number of nitrogens with one attached hydrogen (secondary N) is 1. The minimum Gasteiger partial charge on any atom is -0.358 e. The van der Waals surface area contributed by atoms with Gasteiger partial charge < -0.3 is 11.1 Å². The van der Waals surface area contributed by atoms with Gasteiger partial charge >= 0.3 is 0 Å². The number of amides is 1. The average molecular weight is 220 g/mol. The molecule has 0 radical (unpaired) electrons. The van der Waals surface area contributed by atoms with Crippen LogP contribution in [0, 0.1) is 0 Å². The molecule has 3 N–H and O–H groups in total. The number of benzene rings is 1. The lowest BCUT2D eigenvalue weighted by molar-refractivity contribution is -0.121. The molecular weight excluding hydrogens is 200 g/mol. The summed E-state index contributed by atoms with van der Waals surface area (Å²) >= 11 is 0. The van der Waals surface area contributed by atoms with Crippen molar-refractivity contribution in [3.8, 4) is 0 Å². The number of likely N-dealkylation sites (N-methyl/N-ethyl adjacent to an activating group) is 1. The summed E-state index contributed by atoms with van der Waals surface area (Å²) in [4.78, 5) is 11.2. The molecule has 3 nitrogen and oxygen atoms in total. The maximum atomic E-state index is 11.2. The number of carbonyl (C=O) groups is 1. The van der Waals surface area contributed by atoms with Crippen LogP contribution in [0.4, 0.5) is 0 Å². The van der Waals surface area contributed by atoms with Gasteiger partial charge in [0.15, 0.2) is 0 Å². The molecule has 1 atom stereocenters. The zero-order valence-corrected chi connectivity index (χ0v) is 9.99. The summed E-state index contributed by atoms with van der Waals surface area (Å²) in [5.74, 6) is -0.113. The van der Waals surface area contributed by atoms with Crippen LogP contribution >= 0.6 is 0 Å². The smallest absolute Gasteiger partial charge is 0.237 e. The van der Waals surface area contributed by atoms with E-state index in [1.165, 1.54) is 5.56 Å². The summed E-state index contributed by atoms with van der Waals surface area (Å²) in [5.41, 5.74) is 8.18. The number of hydrogen-bond acceptors (Lipinski definition) is 2. The van der Waals surface area contributed by atoms with Crippen molar-refractivity contribution in [2.75, 3.05) is 7.05 Å². The van der Waals surface area contributed by atoms with Crippen LogP contribution in [0.3, 0.4) is 0 Å². The van der Waals surface area contributed by atoms with Crippen molar-refractivity contribution in [2.45, 2.75) is 32.2 Å². The van der Waals surface area contributed by atoms with E-state index in [0.29, 0.717) is 6.42 Å². The molecule has 0 aromatic heterocycles. The van der Waals surface area contributed by atoms with E-state index in [0.717, 1.165) is 18.4 Å². The van der Waals surface area contributed by atoms with Gasteiger partial charge in [-0.2, -0.15) is 0 Å². The van der Waals surface area contributed by atoms with Crippen LogP contribution in [0.25, 0.3) is 0 Å². The fourth-order valence-corrected chi connectivity index (χ4v) is 1.66. The predicted molar refractivity (Wildman–Crippen MR) is 66.2 cm³/mol. The van der Waals surface area contributed by atoms with Crippen molar-refractivity contribution in [3.05, 3.63) is 35.4 Å². The first-order valence-electron chi connectivity index (χ1n) is 5.72. The third-order valence-corrected chi connectivity index (χ3v) is 2.60. The van der Waals surface area contributed by atoms with Crippen LogP contribution in [0.15, 0.2) is 24.3 Å². The van der Waals surface area contributed by atoms with Gasteiger partial charge in [-0.25, -0.2) is 0 Å². The van der Waals surface area contributed by atoms with E-state index >= 15 is 0 Å². The van der Waals surface area contributed by atoms with Gasteiger partial charge in [0.1, 0.15) is 0 Å². The topological polar surface area (TPSA) is 55.1 Å². The van der Waals surface area contributed by atoms with E-state index in [4.69, 9.17) is 5.73 Å². The largest absolute Gasteiger partial charge is 0.358 e. The lowest BCUT2D eigenvalue weighted by Gasteiger charge is -2.10. The van der Waals surface area contributed by atoms with Gasteiger partial charge in [-0.3, -0.25) is 4.79 Å². The molecule has 0 bridgehead atoms. The zero-order chi connectivity index (χ0) is 12.0. The van der Waals surface area contributed by atoms with Crippen LogP contribution in [0.5, 0.6) is 0 Å². The zero-order valence-electron chi connectivity index (χ0n) is 9.99. The first-order valence-corrected chi connectivity index (χ1v) is 5.72. The van der Waals surface area contributed by atoms with Crippen molar-refractivity contribution in [3.63, 3.8) is 0 Å². The Kier molecular flexibility index (Phi) is 4.99. The van der Waals surface area contributed by atoms with E-state index in [1.807, 2.05) is 12.1 Å². The van der Waals surface area contributed by atoms with Crippen molar-refractivity contribution >= 4 is 5.91 Å². The van der Waals surface area contributed by atoms with E-state index in [1.54, 1.807) is 7.05 Å². The second kappa shape index (κ2) is 6.28. The molecule has 88 valence electrons. The molecule has 0 heterocycles. The van der Waals surface area contributed by atoms with Gasteiger partial charge in [0.2, 0.25) is 5.91 Å². The highest BCUT2D eigenvalue weighted by atomic mass is 16.2. The molecule has 0 saturated heterocycles. The molecule has 1 aromatic carbocycles. The number of rotatable bonds is 5. The second-order valence-corrected chi connectivity index (χ2v) is 3.99. The Morgan fingerprint density at radius 3 is 2.38 bits per heavy atom. The molecule has 0 saturated carbocycles. The summed E-state index contributed by atoms with van der Waals surface area (Å²) < 4.78 is 0. The van der Waals surface area contributed by atoms with Crippen LogP contribution in [-0.4, -0.2) is 19.0 Å². The molecule has 1 amide bonds. The molecule has 3 heteroatoms. The van der Waals surface area contributed by atoms with Crippen LogP contribution in [-0.2, 0) is 17.6 Å². The van der Waals surface area contributed by atoms with E-state index in [9.17, 15) is 4.79 Å². The Hall–Kier alpha value is -1.35. The van der Waals surface area contributed by atoms with Crippen molar-refractivity contribution in [1.82, 2.24) is 5.32 Å².